The van der Waals surface area contributed by atoms with E-state index in [-0.39, 0.29) is 0 Å². The number of aromatic nitrogens is 4. The third-order valence-corrected chi connectivity index (χ3v) is 3.28. The molecule has 0 aliphatic rings. The van der Waals surface area contributed by atoms with Gasteiger partial charge < -0.3 is 0 Å². The van der Waals surface area contributed by atoms with Crippen molar-refractivity contribution in [2.24, 2.45) is 5.10 Å². The zero-order chi connectivity index (χ0) is 14.7. The van der Waals surface area contributed by atoms with Gasteiger partial charge in [-0.1, -0.05) is 23.7 Å². The predicted molar refractivity (Wildman–Crippen MR) is 85.1 cm³/mol. The smallest absolute Gasteiger partial charge is 0.216 e. The summed E-state index contributed by atoms with van der Waals surface area (Å²) in [5.41, 5.74) is 1.75. The summed E-state index contributed by atoms with van der Waals surface area (Å²) in [5.74, 6) is 0.610. The highest BCUT2D eigenvalue weighted by atomic mass is 35.5. The third kappa shape index (κ3) is 3.07. The van der Waals surface area contributed by atoms with E-state index in [0.29, 0.717) is 15.6 Å². The molecule has 0 fully saturated rings. The molecule has 2 heterocycles. The molecule has 0 radical (unpaired) electrons. The van der Waals surface area contributed by atoms with Crippen molar-refractivity contribution in [1.82, 2.24) is 19.9 Å². The number of benzene rings is 1. The van der Waals surface area contributed by atoms with Gasteiger partial charge in [0, 0.05) is 23.0 Å². The quantitative estimate of drug-likeness (QED) is 0.594. The Morgan fingerprint density at radius 1 is 1.24 bits per heavy atom. The lowest BCUT2D eigenvalue weighted by Crippen LogP contribution is -1.95. The minimum Gasteiger partial charge on any atom is -0.264 e. The van der Waals surface area contributed by atoms with Crippen molar-refractivity contribution in [1.29, 1.82) is 0 Å². The first-order valence-electron chi connectivity index (χ1n) is 6.12. The van der Waals surface area contributed by atoms with Crippen molar-refractivity contribution < 1.29 is 0 Å². The molecule has 0 amide bonds. The van der Waals surface area contributed by atoms with Crippen molar-refractivity contribution in [3.05, 3.63) is 64.1 Å². The molecular weight excluding hydrogens is 306 g/mol. The molecule has 104 valence electrons. The van der Waals surface area contributed by atoms with E-state index < -0.39 is 0 Å². The molecule has 0 spiro atoms. The molecule has 3 rings (SSSR count). The largest absolute Gasteiger partial charge is 0.264 e. The van der Waals surface area contributed by atoms with Crippen LogP contribution in [0.5, 0.6) is 0 Å². The molecular formula is C14H10ClN5S. The number of hydrogen-bond donors (Lipinski definition) is 1. The highest BCUT2D eigenvalue weighted by Crippen LogP contribution is 2.15. The zero-order valence-electron chi connectivity index (χ0n) is 10.8. The fourth-order valence-electron chi connectivity index (χ4n) is 1.75. The number of H-pyrrole nitrogens is 1. The van der Waals surface area contributed by atoms with Gasteiger partial charge in [0.25, 0.3) is 0 Å². The summed E-state index contributed by atoms with van der Waals surface area (Å²) in [4.78, 5) is 4.07. The van der Waals surface area contributed by atoms with E-state index >= 15 is 0 Å². The van der Waals surface area contributed by atoms with Crippen molar-refractivity contribution in [2.75, 3.05) is 0 Å². The molecule has 0 unspecified atom stereocenters. The molecule has 0 aliphatic heterocycles. The average molecular weight is 316 g/mol. The Morgan fingerprint density at radius 3 is 2.76 bits per heavy atom. The summed E-state index contributed by atoms with van der Waals surface area (Å²) in [7, 11) is 0. The normalized spacial score (nSPS) is 11.1. The first-order chi connectivity index (χ1) is 10.2. The van der Waals surface area contributed by atoms with Gasteiger partial charge in [0.05, 0.1) is 6.21 Å². The van der Waals surface area contributed by atoms with Gasteiger partial charge in [-0.2, -0.15) is 14.9 Å². The van der Waals surface area contributed by atoms with Crippen LogP contribution in [0.15, 0.2) is 53.9 Å². The molecule has 21 heavy (non-hydrogen) atoms. The summed E-state index contributed by atoms with van der Waals surface area (Å²) < 4.78 is 1.97. The molecule has 1 aromatic carbocycles. The molecule has 5 nitrogen and oxygen atoms in total. The minimum atomic E-state index is 0.416. The minimum absolute atomic E-state index is 0.416. The predicted octanol–water partition coefficient (Wildman–Crippen LogP) is 3.54. The van der Waals surface area contributed by atoms with E-state index in [1.165, 1.54) is 0 Å². The summed E-state index contributed by atoms with van der Waals surface area (Å²) in [6.45, 7) is 0. The van der Waals surface area contributed by atoms with Gasteiger partial charge in [-0.05, 0) is 42.0 Å². The summed E-state index contributed by atoms with van der Waals surface area (Å²) in [6.07, 6.45) is 5.10. The molecule has 0 aliphatic carbocycles. The van der Waals surface area contributed by atoms with E-state index in [1.54, 1.807) is 35.4 Å². The SMILES string of the molecule is S=c1[nH]nc(-c2cccnc2)n1/N=C\c1ccc(Cl)cc1. The molecule has 0 atom stereocenters. The standard InChI is InChI=1S/C14H10ClN5S/c15-12-5-3-10(4-6-12)8-17-20-13(18-19-14(20)21)11-2-1-7-16-9-11/h1-9H,(H,19,21)/b17-8-. The zero-order valence-corrected chi connectivity index (χ0v) is 12.3. The Kier molecular flexibility index (Phi) is 3.89. The second kappa shape index (κ2) is 5.99. The lowest BCUT2D eigenvalue weighted by molar-refractivity contribution is 0.871. The Balaban J connectivity index is 1.98. The molecule has 7 heteroatoms. The van der Waals surface area contributed by atoms with Gasteiger partial charge >= 0.3 is 0 Å². The maximum Gasteiger partial charge on any atom is 0.216 e. The number of nitrogens with zero attached hydrogens (tertiary/aromatic N) is 4. The second-order valence-corrected chi connectivity index (χ2v) is 5.03. The first-order valence-corrected chi connectivity index (χ1v) is 6.90. The van der Waals surface area contributed by atoms with Crippen LogP contribution in [-0.4, -0.2) is 26.1 Å². The van der Waals surface area contributed by atoms with Crippen LogP contribution in [-0.2, 0) is 0 Å². The van der Waals surface area contributed by atoms with Gasteiger partial charge in [0.2, 0.25) is 4.77 Å². The Hall–Kier alpha value is -2.31. The number of rotatable bonds is 3. The number of halogens is 1. The van der Waals surface area contributed by atoms with Gasteiger partial charge in [-0.3, -0.25) is 4.98 Å². The fourth-order valence-corrected chi connectivity index (χ4v) is 2.06. The summed E-state index contributed by atoms with van der Waals surface area (Å²) in [6, 6.07) is 11.1. The summed E-state index contributed by atoms with van der Waals surface area (Å²) >= 11 is 11.1. The van der Waals surface area contributed by atoms with Crippen LogP contribution < -0.4 is 0 Å². The van der Waals surface area contributed by atoms with Crippen LogP contribution in [0.1, 0.15) is 5.56 Å². The first kappa shape index (κ1) is 13.7. The third-order valence-electron chi connectivity index (χ3n) is 2.76. The Bertz CT molecular complexity index is 821. The molecule has 3 aromatic rings. The van der Waals surface area contributed by atoms with Crippen molar-refractivity contribution in [2.45, 2.75) is 0 Å². The maximum atomic E-state index is 5.85. The van der Waals surface area contributed by atoms with E-state index in [1.807, 2.05) is 24.3 Å². The van der Waals surface area contributed by atoms with Crippen LogP contribution in [0.3, 0.4) is 0 Å². The molecule has 2 aromatic heterocycles. The van der Waals surface area contributed by atoms with Crippen LogP contribution in [0.25, 0.3) is 11.4 Å². The van der Waals surface area contributed by atoms with Crippen molar-refractivity contribution in [3.63, 3.8) is 0 Å². The Labute approximate surface area is 130 Å². The monoisotopic (exact) mass is 315 g/mol. The molecule has 0 bridgehead atoms. The van der Waals surface area contributed by atoms with E-state index in [4.69, 9.17) is 23.8 Å². The van der Waals surface area contributed by atoms with Gasteiger partial charge in [0.15, 0.2) is 5.82 Å². The molecule has 0 saturated carbocycles. The van der Waals surface area contributed by atoms with Crippen LogP contribution in [0.4, 0.5) is 0 Å². The fraction of sp³-hybridized carbons (Fsp3) is 0. The highest BCUT2D eigenvalue weighted by molar-refractivity contribution is 7.71. The average Bonchev–Trinajstić information content (AvgIpc) is 2.89. The topological polar surface area (TPSA) is 58.9 Å². The van der Waals surface area contributed by atoms with Crippen LogP contribution >= 0.6 is 23.8 Å². The van der Waals surface area contributed by atoms with Crippen LogP contribution in [0.2, 0.25) is 5.02 Å². The molecule has 0 saturated heterocycles. The lowest BCUT2D eigenvalue weighted by atomic mass is 10.2. The Morgan fingerprint density at radius 2 is 2.05 bits per heavy atom. The second-order valence-electron chi connectivity index (χ2n) is 4.20. The van der Waals surface area contributed by atoms with Gasteiger partial charge in [-0.25, -0.2) is 5.10 Å². The highest BCUT2D eigenvalue weighted by Gasteiger charge is 2.07. The number of hydrogen-bond acceptors (Lipinski definition) is 4. The van der Waals surface area contributed by atoms with Gasteiger partial charge in [0.1, 0.15) is 0 Å². The van der Waals surface area contributed by atoms with Crippen molar-refractivity contribution >= 4 is 30.0 Å². The number of nitrogens with one attached hydrogen (secondary N) is 1. The number of pyridine rings is 1. The molecule has 1 N–H and O–H groups in total. The van der Waals surface area contributed by atoms with Gasteiger partial charge in [-0.15, -0.1) is 0 Å². The lowest BCUT2D eigenvalue weighted by Gasteiger charge is -2.00. The van der Waals surface area contributed by atoms with Crippen molar-refractivity contribution in [3.8, 4) is 11.4 Å². The van der Waals surface area contributed by atoms with E-state index in [0.717, 1.165) is 11.1 Å². The van der Waals surface area contributed by atoms with E-state index in [2.05, 4.69) is 20.3 Å². The number of aromatic amines is 1. The van der Waals surface area contributed by atoms with Crippen LogP contribution in [0, 0.1) is 4.77 Å². The summed E-state index contributed by atoms with van der Waals surface area (Å²) in [5, 5.41) is 12.0. The maximum absolute atomic E-state index is 5.85. The van der Waals surface area contributed by atoms with E-state index in [9.17, 15) is 0 Å².